The fourth-order valence-electron chi connectivity index (χ4n) is 1.16. The maximum absolute atomic E-state index is 12.3. The van der Waals surface area contributed by atoms with Gasteiger partial charge in [-0.15, -0.1) is 0 Å². The predicted molar refractivity (Wildman–Crippen MR) is 51.9 cm³/mol. The van der Waals surface area contributed by atoms with Crippen molar-refractivity contribution in [2.45, 2.75) is 18.7 Å². The van der Waals surface area contributed by atoms with Gasteiger partial charge in [-0.2, -0.15) is 0 Å². The number of halogens is 3. The molecule has 1 heterocycles. The standard InChI is InChI=1S/C9H8BrF2NO/c1-5-7(4-14)6(3-10)2-8(13-5)9(11)12/h2,4,9H,3H2,1H3. The largest absolute Gasteiger partial charge is 0.298 e. The van der Waals surface area contributed by atoms with Gasteiger partial charge >= 0.3 is 0 Å². The Morgan fingerprint density at radius 1 is 1.64 bits per heavy atom. The molecule has 0 saturated heterocycles. The van der Waals surface area contributed by atoms with Crippen molar-refractivity contribution in [1.29, 1.82) is 0 Å². The van der Waals surface area contributed by atoms with Crippen molar-refractivity contribution >= 4 is 22.2 Å². The smallest absolute Gasteiger partial charge is 0.280 e. The minimum Gasteiger partial charge on any atom is -0.298 e. The van der Waals surface area contributed by atoms with Gasteiger partial charge in [0.25, 0.3) is 6.43 Å². The lowest BCUT2D eigenvalue weighted by atomic mass is 10.1. The summed E-state index contributed by atoms with van der Waals surface area (Å²) in [7, 11) is 0. The highest BCUT2D eigenvalue weighted by atomic mass is 79.9. The topological polar surface area (TPSA) is 30.0 Å². The van der Waals surface area contributed by atoms with E-state index in [4.69, 9.17) is 0 Å². The van der Waals surface area contributed by atoms with Crippen LogP contribution in [0.2, 0.25) is 0 Å². The van der Waals surface area contributed by atoms with Gasteiger partial charge in [0.2, 0.25) is 0 Å². The van der Waals surface area contributed by atoms with Crippen molar-refractivity contribution in [3.05, 3.63) is 28.6 Å². The highest BCUT2D eigenvalue weighted by Crippen LogP contribution is 2.22. The van der Waals surface area contributed by atoms with E-state index in [9.17, 15) is 13.6 Å². The Morgan fingerprint density at radius 3 is 2.71 bits per heavy atom. The molecule has 0 N–H and O–H groups in total. The predicted octanol–water partition coefficient (Wildman–Crippen LogP) is 3.04. The van der Waals surface area contributed by atoms with E-state index in [2.05, 4.69) is 20.9 Å². The molecule has 76 valence electrons. The molecule has 0 bridgehead atoms. The summed E-state index contributed by atoms with van der Waals surface area (Å²) in [5, 5.41) is 0.365. The Kier molecular flexibility index (Phi) is 3.69. The molecule has 0 fully saturated rings. The average molecular weight is 264 g/mol. The monoisotopic (exact) mass is 263 g/mol. The molecule has 5 heteroatoms. The third kappa shape index (κ3) is 2.15. The summed E-state index contributed by atoms with van der Waals surface area (Å²) >= 11 is 3.14. The van der Waals surface area contributed by atoms with Crippen molar-refractivity contribution in [1.82, 2.24) is 4.98 Å². The van der Waals surface area contributed by atoms with Gasteiger partial charge in [0.05, 0.1) is 0 Å². The maximum Gasteiger partial charge on any atom is 0.280 e. The highest BCUT2D eigenvalue weighted by Gasteiger charge is 2.14. The number of alkyl halides is 3. The second-order valence-electron chi connectivity index (χ2n) is 2.76. The van der Waals surface area contributed by atoms with Crippen molar-refractivity contribution < 1.29 is 13.6 Å². The summed E-state index contributed by atoms with van der Waals surface area (Å²) in [5.74, 6) is 0. The second-order valence-corrected chi connectivity index (χ2v) is 3.32. The van der Waals surface area contributed by atoms with Crippen molar-refractivity contribution in [3.63, 3.8) is 0 Å². The van der Waals surface area contributed by atoms with E-state index in [1.165, 1.54) is 6.07 Å². The van der Waals surface area contributed by atoms with Gasteiger partial charge in [0, 0.05) is 16.6 Å². The number of hydrogen-bond donors (Lipinski definition) is 0. The minimum absolute atomic E-state index is 0.289. The fraction of sp³-hybridized carbons (Fsp3) is 0.333. The summed E-state index contributed by atoms with van der Waals surface area (Å²) in [6.07, 6.45) is -1.97. The third-order valence-electron chi connectivity index (χ3n) is 1.84. The van der Waals surface area contributed by atoms with Crippen LogP contribution in [0, 0.1) is 6.92 Å². The molecule has 0 atom stereocenters. The molecule has 2 nitrogen and oxygen atoms in total. The number of aldehydes is 1. The molecule has 0 unspecified atom stereocenters. The quantitative estimate of drug-likeness (QED) is 0.620. The lowest BCUT2D eigenvalue weighted by Crippen LogP contribution is -2.01. The van der Waals surface area contributed by atoms with Crippen molar-refractivity contribution in [2.75, 3.05) is 0 Å². The first-order valence-electron chi connectivity index (χ1n) is 3.89. The van der Waals surface area contributed by atoms with Crippen LogP contribution in [0.5, 0.6) is 0 Å². The molecular formula is C9H8BrF2NO. The Morgan fingerprint density at radius 2 is 2.29 bits per heavy atom. The Balaban J connectivity index is 3.31. The van der Waals surface area contributed by atoms with Crippen LogP contribution in [-0.4, -0.2) is 11.3 Å². The molecule has 14 heavy (non-hydrogen) atoms. The first-order chi connectivity index (χ1) is 6.60. The van der Waals surface area contributed by atoms with Gasteiger partial charge in [0.1, 0.15) is 5.69 Å². The van der Waals surface area contributed by atoms with Crippen LogP contribution >= 0.6 is 15.9 Å². The Hall–Kier alpha value is -0.840. The van der Waals surface area contributed by atoms with E-state index in [1.54, 1.807) is 6.92 Å². The van der Waals surface area contributed by atoms with Crippen LogP contribution in [0.25, 0.3) is 0 Å². The van der Waals surface area contributed by atoms with Crippen LogP contribution in [-0.2, 0) is 5.33 Å². The Labute approximate surface area is 88.5 Å². The molecule has 1 aromatic rings. The molecule has 0 radical (unpaired) electrons. The van der Waals surface area contributed by atoms with E-state index in [-0.39, 0.29) is 5.69 Å². The average Bonchev–Trinajstić information content (AvgIpc) is 2.16. The minimum atomic E-state index is -2.60. The van der Waals surface area contributed by atoms with E-state index in [0.717, 1.165) is 0 Å². The normalized spacial score (nSPS) is 10.6. The summed E-state index contributed by atoms with van der Waals surface area (Å²) < 4.78 is 24.7. The zero-order valence-electron chi connectivity index (χ0n) is 7.43. The van der Waals surface area contributed by atoms with Crippen LogP contribution in [0.4, 0.5) is 8.78 Å². The van der Waals surface area contributed by atoms with Crippen LogP contribution in [0.3, 0.4) is 0 Å². The SMILES string of the molecule is Cc1nc(C(F)F)cc(CBr)c1C=O. The summed E-state index contributed by atoms with van der Waals surface area (Å²) in [6.45, 7) is 1.54. The zero-order valence-corrected chi connectivity index (χ0v) is 9.01. The molecule has 0 aliphatic heterocycles. The molecule has 0 spiro atoms. The van der Waals surface area contributed by atoms with Gasteiger partial charge in [-0.25, -0.2) is 8.78 Å². The maximum atomic E-state index is 12.3. The number of pyridine rings is 1. The van der Waals surface area contributed by atoms with E-state index >= 15 is 0 Å². The molecule has 0 aliphatic rings. The number of carbonyl (C=O) groups is 1. The van der Waals surface area contributed by atoms with Crippen LogP contribution in [0.15, 0.2) is 6.07 Å². The van der Waals surface area contributed by atoms with Gasteiger partial charge in [-0.3, -0.25) is 9.78 Å². The summed E-state index contributed by atoms with van der Waals surface area (Å²) in [4.78, 5) is 14.3. The number of carbonyl (C=O) groups excluding carboxylic acids is 1. The van der Waals surface area contributed by atoms with E-state index < -0.39 is 6.43 Å². The number of aryl methyl sites for hydroxylation is 1. The summed E-state index contributed by atoms with van der Waals surface area (Å²) in [5.41, 5.74) is 0.976. The van der Waals surface area contributed by atoms with Crippen molar-refractivity contribution in [3.8, 4) is 0 Å². The first kappa shape index (κ1) is 11.2. The number of aromatic nitrogens is 1. The first-order valence-corrected chi connectivity index (χ1v) is 5.02. The molecule has 0 amide bonds. The lowest BCUT2D eigenvalue weighted by Gasteiger charge is -2.07. The molecular weight excluding hydrogens is 256 g/mol. The second kappa shape index (κ2) is 4.59. The molecule has 0 saturated carbocycles. The number of rotatable bonds is 3. The highest BCUT2D eigenvalue weighted by molar-refractivity contribution is 9.08. The van der Waals surface area contributed by atoms with Crippen LogP contribution in [0.1, 0.15) is 33.7 Å². The van der Waals surface area contributed by atoms with E-state index in [0.29, 0.717) is 28.4 Å². The Bertz CT molecular complexity index is 355. The van der Waals surface area contributed by atoms with Gasteiger partial charge in [-0.05, 0) is 18.6 Å². The molecule has 1 rings (SSSR count). The number of hydrogen-bond acceptors (Lipinski definition) is 2. The molecule has 0 aliphatic carbocycles. The van der Waals surface area contributed by atoms with Crippen LogP contribution < -0.4 is 0 Å². The van der Waals surface area contributed by atoms with E-state index in [1.807, 2.05) is 0 Å². The molecule has 1 aromatic heterocycles. The fourth-order valence-corrected chi connectivity index (χ4v) is 1.62. The summed E-state index contributed by atoms with van der Waals surface area (Å²) in [6, 6.07) is 1.25. The zero-order chi connectivity index (χ0) is 10.7. The lowest BCUT2D eigenvalue weighted by molar-refractivity contribution is 0.112. The number of nitrogens with zero attached hydrogens (tertiary/aromatic N) is 1. The third-order valence-corrected chi connectivity index (χ3v) is 2.44. The van der Waals surface area contributed by atoms with Gasteiger partial charge in [0.15, 0.2) is 6.29 Å². The molecule has 0 aromatic carbocycles. The van der Waals surface area contributed by atoms with Gasteiger partial charge < -0.3 is 0 Å². The van der Waals surface area contributed by atoms with Gasteiger partial charge in [-0.1, -0.05) is 15.9 Å². The van der Waals surface area contributed by atoms with Crippen molar-refractivity contribution in [2.24, 2.45) is 0 Å².